The molecule has 1 fully saturated rings. The number of ether oxygens (including phenoxy) is 1. The third kappa shape index (κ3) is 3.19. The average molecular weight is 324 g/mol. The number of amides is 4. The van der Waals surface area contributed by atoms with Gasteiger partial charge in [0, 0.05) is 18.0 Å². The van der Waals surface area contributed by atoms with Gasteiger partial charge in [-0.3, -0.25) is 10.1 Å². The van der Waals surface area contributed by atoms with E-state index in [9.17, 15) is 14.4 Å². The highest BCUT2D eigenvalue weighted by molar-refractivity contribution is 7.15. The highest BCUT2D eigenvalue weighted by Gasteiger charge is 2.30. The summed E-state index contributed by atoms with van der Waals surface area (Å²) >= 11 is 1.50. The van der Waals surface area contributed by atoms with Crippen molar-refractivity contribution in [1.29, 1.82) is 0 Å². The van der Waals surface area contributed by atoms with Crippen LogP contribution in [0, 0.1) is 0 Å². The number of fused-ring (bicyclic) bond motifs is 1. The zero-order valence-corrected chi connectivity index (χ0v) is 12.7. The van der Waals surface area contributed by atoms with Crippen molar-refractivity contribution < 1.29 is 19.1 Å². The van der Waals surface area contributed by atoms with Crippen molar-refractivity contribution in [3.8, 4) is 0 Å². The minimum Gasteiger partial charge on any atom is -0.439 e. The number of rotatable bonds is 4. The number of cyclic esters (lactones) is 1. The Labute approximate surface area is 130 Å². The van der Waals surface area contributed by atoms with Crippen LogP contribution in [0.3, 0.4) is 0 Å². The molecule has 0 radical (unpaired) electrons. The van der Waals surface area contributed by atoms with E-state index in [0.717, 1.165) is 29.9 Å². The number of imide groups is 1. The van der Waals surface area contributed by atoms with Crippen LogP contribution < -0.4 is 10.6 Å². The van der Waals surface area contributed by atoms with Crippen LogP contribution in [-0.2, 0) is 22.4 Å². The molecule has 1 saturated heterocycles. The van der Waals surface area contributed by atoms with E-state index in [1.165, 1.54) is 22.6 Å². The maximum absolute atomic E-state index is 11.8. The Morgan fingerprint density at radius 3 is 2.86 bits per heavy atom. The summed E-state index contributed by atoms with van der Waals surface area (Å²) in [4.78, 5) is 40.9. The number of hydrogen-bond donors (Lipinski definition) is 2. The lowest BCUT2D eigenvalue weighted by atomic mass is 10.0. The van der Waals surface area contributed by atoms with Crippen molar-refractivity contribution in [2.75, 3.05) is 25.0 Å². The molecule has 0 saturated carbocycles. The van der Waals surface area contributed by atoms with Crippen LogP contribution in [0.15, 0.2) is 0 Å². The third-order valence-electron chi connectivity index (χ3n) is 3.53. The van der Waals surface area contributed by atoms with Gasteiger partial charge in [0.25, 0.3) is 5.91 Å². The Bertz CT molecular complexity index is 576. The highest BCUT2D eigenvalue weighted by atomic mass is 32.1. The predicted molar refractivity (Wildman–Crippen MR) is 78.8 cm³/mol. The number of carbonyl (C=O) groups is 3. The minimum atomic E-state index is -0.667. The average Bonchev–Trinajstić information content (AvgIpc) is 3.03. The number of aryl methyl sites for hydroxylation is 2. The van der Waals surface area contributed by atoms with Crippen molar-refractivity contribution in [3.05, 3.63) is 10.6 Å². The Kier molecular flexibility index (Phi) is 4.23. The summed E-state index contributed by atoms with van der Waals surface area (Å²) in [6.45, 7) is 0.0346. The lowest BCUT2D eigenvalue weighted by molar-refractivity contribution is -0.125. The van der Waals surface area contributed by atoms with E-state index in [0.29, 0.717) is 5.13 Å². The van der Waals surface area contributed by atoms with Crippen LogP contribution in [0.25, 0.3) is 0 Å². The van der Waals surface area contributed by atoms with Crippen LogP contribution in [-0.4, -0.2) is 47.6 Å². The van der Waals surface area contributed by atoms with Gasteiger partial charge >= 0.3 is 12.1 Å². The quantitative estimate of drug-likeness (QED) is 0.864. The predicted octanol–water partition coefficient (Wildman–Crippen LogP) is 1.12. The molecule has 8 nitrogen and oxygen atoms in total. The molecule has 4 amide bonds. The van der Waals surface area contributed by atoms with Gasteiger partial charge in [0.05, 0.1) is 5.69 Å². The third-order valence-corrected chi connectivity index (χ3v) is 4.60. The summed E-state index contributed by atoms with van der Waals surface area (Å²) < 4.78 is 4.58. The van der Waals surface area contributed by atoms with Gasteiger partial charge in [-0.1, -0.05) is 0 Å². The summed E-state index contributed by atoms with van der Waals surface area (Å²) in [5.41, 5.74) is 1.08. The fraction of sp³-hybridized carbons (Fsp3) is 0.538. The number of urea groups is 1. The maximum atomic E-state index is 11.8. The standard InChI is InChI=1S/C13H16N4O4S/c18-10-7-21-13(20)17(10)6-5-14-11(19)16-12-15-8-3-1-2-4-9(8)22-12/h1-7H2,(H2,14,15,16,19). The molecular formula is C13H16N4O4S. The summed E-state index contributed by atoms with van der Waals surface area (Å²) in [5, 5.41) is 5.86. The number of carbonyl (C=O) groups excluding carboxylic acids is 3. The highest BCUT2D eigenvalue weighted by Crippen LogP contribution is 2.29. The Morgan fingerprint density at radius 2 is 2.14 bits per heavy atom. The van der Waals surface area contributed by atoms with Gasteiger partial charge in [0.2, 0.25) is 0 Å². The van der Waals surface area contributed by atoms with Crippen LogP contribution in [0.5, 0.6) is 0 Å². The maximum Gasteiger partial charge on any atom is 0.417 e. The van der Waals surface area contributed by atoms with E-state index >= 15 is 0 Å². The van der Waals surface area contributed by atoms with Gasteiger partial charge in [-0.2, -0.15) is 0 Å². The van der Waals surface area contributed by atoms with Crippen LogP contribution in [0.1, 0.15) is 23.4 Å². The fourth-order valence-electron chi connectivity index (χ4n) is 2.43. The van der Waals surface area contributed by atoms with E-state index < -0.39 is 12.1 Å². The lowest BCUT2D eigenvalue weighted by Crippen LogP contribution is -2.39. The molecule has 1 aliphatic carbocycles. The second-order valence-electron chi connectivity index (χ2n) is 5.08. The van der Waals surface area contributed by atoms with Gasteiger partial charge < -0.3 is 10.1 Å². The summed E-state index contributed by atoms with van der Waals surface area (Å²) in [6, 6.07) is -0.397. The van der Waals surface area contributed by atoms with Gasteiger partial charge in [0.1, 0.15) is 0 Å². The molecule has 0 atom stereocenters. The molecule has 22 heavy (non-hydrogen) atoms. The largest absolute Gasteiger partial charge is 0.439 e. The molecule has 2 aliphatic rings. The summed E-state index contributed by atoms with van der Waals surface area (Å²) in [7, 11) is 0. The van der Waals surface area contributed by atoms with Crippen molar-refractivity contribution in [3.63, 3.8) is 0 Å². The van der Waals surface area contributed by atoms with E-state index in [1.54, 1.807) is 0 Å². The fourth-order valence-corrected chi connectivity index (χ4v) is 3.47. The molecule has 0 unspecified atom stereocenters. The first-order valence-electron chi connectivity index (χ1n) is 7.14. The smallest absolute Gasteiger partial charge is 0.417 e. The minimum absolute atomic E-state index is 0.0967. The van der Waals surface area contributed by atoms with E-state index in [-0.39, 0.29) is 25.6 Å². The first kappa shape index (κ1) is 14.8. The topological polar surface area (TPSA) is 101 Å². The van der Waals surface area contributed by atoms with Crippen molar-refractivity contribution in [1.82, 2.24) is 15.2 Å². The molecule has 1 aliphatic heterocycles. The molecule has 0 bridgehead atoms. The monoisotopic (exact) mass is 324 g/mol. The normalized spacial score (nSPS) is 17.2. The van der Waals surface area contributed by atoms with Crippen LogP contribution in [0.2, 0.25) is 0 Å². The zero-order valence-electron chi connectivity index (χ0n) is 11.9. The Hall–Kier alpha value is -2.16. The van der Waals surface area contributed by atoms with E-state index in [2.05, 4.69) is 20.4 Å². The number of nitrogens with one attached hydrogen (secondary N) is 2. The molecule has 1 aromatic rings. The molecule has 0 aromatic carbocycles. The Balaban J connectivity index is 1.45. The van der Waals surface area contributed by atoms with E-state index in [1.807, 2.05) is 0 Å². The van der Waals surface area contributed by atoms with Crippen LogP contribution >= 0.6 is 11.3 Å². The number of anilines is 1. The first-order chi connectivity index (χ1) is 10.6. The summed E-state index contributed by atoms with van der Waals surface area (Å²) in [5.74, 6) is -0.389. The SMILES string of the molecule is O=C(NCCN1C(=O)COC1=O)Nc1nc2c(s1)CCCC2. The van der Waals surface area contributed by atoms with Crippen molar-refractivity contribution in [2.24, 2.45) is 0 Å². The zero-order chi connectivity index (χ0) is 15.5. The molecule has 3 rings (SSSR count). The van der Waals surface area contributed by atoms with Crippen molar-refractivity contribution >= 4 is 34.5 Å². The van der Waals surface area contributed by atoms with Crippen molar-refractivity contribution in [2.45, 2.75) is 25.7 Å². The second-order valence-corrected chi connectivity index (χ2v) is 6.16. The van der Waals surface area contributed by atoms with E-state index in [4.69, 9.17) is 0 Å². The molecule has 2 N–H and O–H groups in total. The molecule has 118 valence electrons. The number of nitrogens with zero attached hydrogens (tertiary/aromatic N) is 2. The number of thiazole rings is 1. The number of hydrogen-bond acceptors (Lipinski definition) is 6. The lowest BCUT2D eigenvalue weighted by Gasteiger charge is -2.11. The molecule has 2 heterocycles. The van der Waals surface area contributed by atoms with Gasteiger partial charge in [-0.15, -0.1) is 11.3 Å². The molecular weight excluding hydrogens is 308 g/mol. The molecule has 0 spiro atoms. The molecule has 9 heteroatoms. The van der Waals surface area contributed by atoms with Gasteiger partial charge in [-0.25, -0.2) is 19.5 Å². The number of aromatic nitrogens is 1. The molecule has 1 aromatic heterocycles. The second kappa shape index (κ2) is 6.30. The summed E-state index contributed by atoms with van der Waals surface area (Å²) in [6.07, 6.45) is 3.63. The van der Waals surface area contributed by atoms with Gasteiger partial charge in [0.15, 0.2) is 11.7 Å². The first-order valence-corrected chi connectivity index (χ1v) is 7.95. The van der Waals surface area contributed by atoms with Gasteiger partial charge in [-0.05, 0) is 25.7 Å². The Morgan fingerprint density at radius 1 is 1.32 bits per heavy atom. The van der Waals surface area contributed by atoms with Crippen LogP contribution in [0.4, 0.5) is 14.7 Å².